The van der Waals surface area contributed by atoms with Crippen LogP contribution in [-0.2, 0) is 57.5 Å². The molecule has 2 N–H and O–H groups in total. The first-order valence-electron chi connectivity index (χ1n) is 14.6. The summed E-state index contributed by atoms with van der Waals surface area (Å²) in [5.41, 5.74) is 0. The number of rotatable bonds is 17. The van der Waals surface area contributed by atoms with E-state index in [0.29, 0.717) is 0 Å². The van der Waals surface area contributed by atoms with Gasteiger partial charge >= 0.3 is 11.9 Å². The van der Waals surface area contributed by atoms with Crippen LogP contribution in [0.3, 0.4) is 0 Å². The summed E-state index contributed by atoms with van der Waals surface area (Å²) in [4.78, 5) is 131. The number of nitrogens with zero attached hydrogens (tertiary/aromatic N) is 5. The fourth-order valence-corrected chi connectivity index (χ4v) is 4.63. The normalized spacial score (nSPS) is 17.2. The molecule has 0 fully saturated rings. The first-order valence-corrected chi connectivity index (χ1v) is 14.6. The number of amides is 9. The minimum Gasteiger partial charge on any atom is -0.481 e. The molecule has 260 valence electrons. The van der Waals surface area contributed by atoms with Crippen molar-refractivity contribution >= 4 is 65.1 Å². The molecule has 4 aliphatic rings. The lowest BCUT2D eigenvalue weighted by Gasteiger charge is -2.26. The molecule has 4 rings (SSSR count). The molecule has 0 aromatic carbocycles. The number of hydrogen-bond donors (Lipinski definition) is 2. The number of carboxylic acids is 2. The molecule has 0 spiro atoms. The van der Waals surface area contributed by atoms with Gasteiger partial charge in [-0.25, -0.2) is 4.79 Å². The van der Waals surface area contributed by atoms with Crippen LogP contribution in [0.2, 0.25) is 0 Å². The van der Waals surface area contributed by atoms with Gasteiger partial charge in [0.05, 0.1) is 19.1 Å². The van der Waals surface area contributed by atoms with E-state index < -0.39 is 77.8 Å². The molecule has 4 heterocycles. The van der Waals surface area contributed by atoms with Crippen molar-refractivity contribution in [3.63, 3.8) is 0 Å². The largest absolute Gasteiger partial charge is 0.481 e. The maximum Gasteiger partial charge on any atom is 0.329 e. The fraction of sp³-hybridized carbons (Fsp3) is 0.367. The first-order chi connectivity index (χ1) is 23.2. The highest BCUT2D eigenvalue weighted by atomic mass is 16.5. The third-order valence-corrected chi connectivity index (χ3v) is 7.20. The highest BCUT2D eigenvalue weighted by Gasteiger charge is 2.30. The highest BCUT2D eigenvalue weighted by molar-refractivity contribution is 6.14. The molecule has 0 saturated heterocycles. The Morgan fingerprint density at radius 1 is 0.551 bits per heavy atom. The Labute approximate surface area is 277 Å². The second-order valence-electron chi connectivity index (χ2n) is 10.5. The summed E-state index contributed by atoms with van der Waals surface area (Å²) in [5, 5.41) is 17.4. The van der Waals surface area contributed by atoms with Crippen molar-refractivity contribution in [2.24, 2.45) is 0 Å². The topological polar surface area (TPSA) is 254 Å². The third-order valence-electron chi connectivity index (χ3n) is 7.20. The molecule has 0 aromatic heterocycles. The Balaban J connectivity index is 0.000000267. The Hall–Kier alpha value is -6.11. The van der Waals surface area contributed by atoms with E-state index in [9.17, 15) is 52.7 Å². The van der Waals surface area contributed by atoms with E-state index in [1.807, 2.05) is 0 Å². The molecule has 0 radical (unpaired) electrons. The number of hydrogen-bond acceptors (Lipinski definition) is 12. The number of carboxylic acid groups (broad SMARTS) is 2. The van der Waals surface area contributed by atoms with Gasteiger partial charge in [0, 0.05) is 87.8 Å². The maximum atomic E-state index is 12.2. The Morgan fingerprint density at radius 2 is 0.918 bits per heavy atom. The quantitative estimate of drug-likeness (QED) is 0.147. The monoisotopic (exact) mass is 685 g/mol. The summed E-state index contributed by atoms with van der Waals surface area (Å²) in [6.07, 6.45) is 7.60. The van der Waals surface area contributed by atoms with Crippen LogP contribution in [0.1, 0.15) is 19.3 Å². The van der Waals surface area contributed by atoms with Crippen LogP contribution in [0.25, 0.3) is 0 Å². The Kier molecular flexibility index (Phi) is 13.1. The summed E-state index contributed by atoms with van der Waals surface area (Å²) in [7, 11) is 0. The smallest absolute Gasteiger partial charge is 0.329 e. The summed E-state index contributed by atoms with van der Waals surface area (Å²) >= 11 is 0. The number of imide groups is 4. The fourth-order valence-electron chi connectivity index (χ4n) is 4.63. The highest BCUT2D eigenvalue weighted by Crippen LogP contribution is 2.12. The lowest BCUT2D eigenvalue weighted by atomic mass is 10.2. The lowest BCUT2D eigenvalue weighted by molar-refractivity contribution is -0.148. The molecule has 0 saturated carbocycles. The number of ether oxygens (including phenoxy) is 1. The van der Waals surface area contributed by atoms with Gasteiger partial charge in [0.25, 0.3) is 47.3 Å². The molecule has 1 unspecified atom stereocenters. The average molecular weight is 686 g/mol. The van der Waals surface area contributed by atoms with E-state index in [2.05, 4.69) is 0 Å². The van der Waals surface area contributed by atoms with Crippen LogP contribution in [0.15, 0.2) is 48.6 Å². The van der Waals surface area contributed by atoms with E-state index in [4.69, 9.17) is 14.9 Å². The van der Waals surface area contributed by atoms with Crippen molar-refractivity contribution in [3.05, 3.63) is 48.6 Å². The van der Waals surface area contributed by atoms with Gasteiger partial charge in [0.2, 0.25) is 5.91 Å². The maximum absolute atomic E-state index is 12.2. The van der Waals surface area contributed by atoms with Crippen LogP contribution in [-0.4, -0.2) is 152 Å². The Bertz CT molecular complexity index is 1460. The SMILES string of the molecule is O=C(O)CCC(=O)N(CCN1C(=O)C=CC1=O)CCN1C(=O)C=CC1=O.O=C(O)COC(CCN1C(=O)C=CC1=O)CN1C(=O)C=CC1=O. The van der Waals surface area contributed by atoms with Crippen LogP contribution in [0.4, 0.5) is 0 Å². The van der Waals surface area contributed by atoms with E-state index in [-0.39, 0.29) is 58.5 Å². The molecule has 19 nitrogen and oxygen atoms in total. The Morgan fingerprint density at radius 3 is 1.29 bits per heavy atom. The van der Waals surface area contributed by atoms with Gasteiger partial charge in [-0.05, 0) is 6.42 Å². The van der Waals surface area contributed by atoms with Crippen molar-refractivity contribution in [1.29, 1.82) is 0 Å². The van der Waals surface area contributed by atoms with Crippen LogP contribution in [0.5, 0.6) is 0 Å². The predicted octanol–water partition coefficient (Wildman–Crippen LogP) is -2.77. The molecule has 0 aliphatic carbocycles. The van der Waals surface area contributed by atoms with Gasteiger partial charge in [-0.1, -0.05) is 0 Å². The van der Waals surface area contributed by atoms with Crippen LogP contribution >= 0.6 is 0 Å². The van der Waals surface area contributed by atoms with Crippen LogP contribution < -0.4 is 0 Å². The van der Waals surface area contributed by atoms with Gasteiger partial charge in [-0.2, -0.15) is 0 Å². The minimum absolute atomic E-state index is 0.00139. The third kappa shape index (κ3) is 10.7. The zero-order chi connectivity index (χ0) is 36.2. The molecule has 19 heteroatoms. The standard InChI is InChI=1S/C16H17N3O7.C14H14N2O7/c20-11(5-6-16(25)26)17(7-9-18-12(21)1-2-13(18)22)8-10-19-14(23)3-4-15(19)24;17-10-1-2-11(18)15(10)6-5-9(23-8-14(21)22)7-16-12(19)3-4-13(16)20/h1-4H,5-10H2,(H,25,26);1-4,9H,5-8H2,(H,21,22). The summed E-state index contributed by atoms with van der Waals surface area (Å²) < 4.78 is 5.15. The molecule has 9 amide bonds. The molecule has 49 heavy (non-hydrogen) atoms. The van der Waals surface area contributed by atoms with Gasteiger partial charge < -0.3 is 19.8 Å². The number of aliphatic carboxylic acids is 2. The van der Waals surface area contributed by atoms with Gasteiger partial charge in [-0.3, -0.25) is 67.5 Å². The molecule has 0 aromatic rings. The van der Waals surface area contributed by atoms with Crippen molar-refractivity contribution < 1.29 is 67.7 Å². The predicted molar refractivity (Wildman–Crippen MR) is 159 cm³/mol. The first kappa shape index (κ1) is 37.3. The zero-order valence-corrected chi connectivity index (χ0v) is 25.8. The van der Waals surface area contributed by atoms with Crippen molar-refractivity contribution in [1.82, 2.24) is 24.5 Å². The molecular formula is C30H31N5O14. The lowest BCUT2D eigenvalue weighted by Crippen LogP contribution is -2.45. The average Bonchev–Trinajstić information content (AvgIpc) is 3.76. The van der Waals surface area contributed by atoms with Crippen molar-refractivity contribution in [2.45, 2.75) is 25.4 Å². The second-order valence-corrected chi connectivity index (χ2v) is 10.5. The van der Waals surface area contributed by atoms with Crippen molar-refractivity contribution in [3.8, 4) is 0 Å². The van der Waals surface area contributed by atoms with E-state index in [1.54, 1.807) is 0 Å². The molecule has 1 atom stereocenters. The molecular weight excluding hydrogens is 654 g/mol. The summed E-state index contributed by atoms with van der Waals surface area (Å²) in [6.45, 7) is -0.954. The van der Waals surface area contributed by atoms with E-state index in [0.717, 1.165) is 68.2 Å². The summed E-state index contributed by atoms with van der Waals surface area (Å²) in [6, 6.07) is 0. The number of carbonyl (C=O) groups excluding carboxylic acids is 9. The van der Waals surface area contributed by atoms with Gasteiger partial charge in [0.1, 0.15) is 6.61 Å². The van der Waals surface area contributed by atoms with Gasteiger partial charge in [-0.15, -0.1) is 0 Å². The summed E-state index contributed by atoms with van der Waals surface area (Å²) in [5.74, 6) is -6.82. The minimum atomic E-state index is -1.21. The van der Waals surface area contributed by atoms with E-state index in [1.165, 1.54) is 4.90 Å². The molecule has 4 aliphatic heterocycles. The molecule has 0 bridgehead atoms. The van der Waals surface area contributed by atoms with Crippen LogP contribution in [0, 0.1) is 0 Å². The van der Waals surface area contributed by atoms with Gasteiger partial charge in [0.15, 0.2) is 0 Å². The van der Waals surface area contributed by atoms with Crippen molar-refractivity contribution in [2.75, 3.05) is 45.9 Å². The zero-order valence-electron chi connectivity index (χ0n) is 25.8. The van der Waals surface area contributed by atoms with E-state index >= 15 is 0 Å². The number of carbonyl (C=O) groups is 11. The second kappa shape index (κ2) is 17.2.